The van der Waals surface area contributed by atoms with Crippen molar-refractivity contribution in [2.24, 2.45) is 7.05 Å². The first-order chi connectivity index (χ1) is 16.9. The zero-order valence-corrected chi connectivity index (χ0v) is 20.2. The molecule has 2 aromatic carbocycles. The van der Waals surface area contributed by atoms with E-state index in [1.54, 1.807) is 18.3 Å². The van der Waals surface area contributed by atoms with Crippen molar-refractivity contribution >= 4 is 40.1 Å². The molecule has 3 heterocycles. The van der Waals surface area contributed by atoms with Gasteiger partial charge in [0.15, 0.2) is 0 Å². The Hall–Kier alpha value is -4.11. The third-order valence-electron chi connectivity index (χ3n) is 6.12. The van der Waals surface area contributed by atoms with Crippen molar-refractivity contribution in [1.82, 2.24) is 19.4 Å². The molecule has 9 nitrogen and oxygen atoms in total. The predicted octanol–water partition coefficient (Wildman–Crippen LogP) is 4.21. The van der Waals surface area contributed by atoms with Gasteiger partial charge in [0, 0.05) is 69.9 Å². The molecular weight excluding hydrogens is 442 g/mol. The zero-order chi connectivity index (χ0) is 24.4. The number of piperazine rings is 1. The van der Waals surface area contributed by atoms with Gasteiger partial charge in [-0.1, -0.05) is 0 Å². The Morgan fingerprint density at radius 1 is 0.943 bits per heavy atom. The van der Waals surface area contributed by atoms with Crippen molar-refractivity contribution in [1.29, 1.82) is 0 Å². The summed E-state index contributed by atoms with van der Waals surface area (Å²) in [5.74, 6) is 2.25. The number of aryl methyl sites for hydroxylation is 1. The third kappa shape index (κ3) is 5.20. The predicted molar refractivity (Wildman–Crippen MR) is 139 cm³/mol. The summed E-state index contributed by atoms with van der Waals surface area (Å²) in [6, 6.07) is 17.7. The summed E-state index contributed by atoms with van der Waals surface area (Å²) >= 11 is 0. The quantitative estimate of drug-likeness (QED) is 0.435. The van der Waals surface area contributed by atoms with Crippen LogP contribution in [0.2, 0.25) is 0 Å². The number of nitrogens with one attached hydrogen (secondary N) is 2. The van der Waals surface area contributed by atoms with Crippen LogP contribution in [-0.4, -0.2) is 58.6 Å². The second kappa shape index (κ2) is 9.63. The Morgan fingerprint density at radius 2 is 1.69 bits per heavy atom. The minimum Gasteiger partial charge on any atom is -0.457 e. The molecule has 0 saturated carbocycles. The Bertz CT molecular complexity index is 1340. The summed E-state index contributed by atoms with van der Waals surface area (Å²) in [5.41, 5.74) is 4.04. The second-order valence-electron chi connectivity index (χ2n) is 8.77. The lowest BCUT2D eigenvalue weighted by Crippen LogP contribution is -2.44. The number of anilines is 4. The fourth-order valence-corrected chi connectivity index (χ4v) is 4.16. The van der Waals surface area contributed by atoms with Gasteiger partial charge in [-0.2, -0.15) is 0 Å². The van der Waals surface area contributed by atoms with Crippen molar-refractivity contribution in [3.8, 4) is 11.5 Å². The van der Waals surface area contributed by atoms with Gasteiger partial charge in [-0.25, -0.2) is 9.97 Å². The molecule has 1 saturated heterocycles. The molecule has 0 atom stereocenters. The average Bonchev–Trinajstić information content (AvgIpc) is 3.14. The van der Waals surface area contributed by atoms with E-state index in [9.17, 15) is 4.79 Å². The topological polar surface area (TPSA) is 87.5 Å². The third-order valence-corrected chi connectivity index (χ3v) is 6.12. The molecule has 1 aliphatic heterocycles. The number of amides is 1. The minimum absolute atomic E-state index is 0.182. The lowest BCUT2D eigenvalue weighted by atomic mass is 10.2. The van der Waals surface area contributed by atoms with E-state index < -0.39 is 0 Å². The van der Waals surface area contributed by atoms with Gasteiger partial charge in [-0.05, 0) is 49.5 Å². The highest BCUT2D eigenvalue weighted by Crippen LogP contribution is 2.29. The fourth-order valence-electron chi connectivity index (χ4n) is 4.16. The van der Waals surface area contributed by atoms with E-state index in [2.05, 4.69) is 56.7 Å². The maximum atomic E-state index is 11.3. The van der Waals surface area contributed by atoms with Gasteiger partial charge in [-0.3, -0.25) is 4.79 Å². The lowest BCUT2D eigenvalue weighted by Gasteiger charge is -2.34. The van der Waals surface area contributed by atoms with Gasteiger partial charge >= 0.3 is 0 Å². The van der Waals surface area contributed by atoms with Gasteiger partial charge in [-0.15, -0.1) is 0 Å². The highest BCUT2D eigenvalue weighted by atomic mass is 16.5. The van der Waals surface area contributed by atoms with Gasteiger partial charge in [0.1, 0.15) is 17.3 Å². The molecule has 35 heavy (non-hydrogen) atoms. The first kappa shape index (κ1) is 22.7. The van der Waals surface area contributed by atoms with Crippen molar-refractivity contribution < 1.29 is 9.53 Å². The summed E-state index contributed by atoms with van der Waals surface area (Å²) < 4.78 is 8.01. The number of fused-ring (bicyclic) bond motifs is 1. The van der Waals surface area contributed by atoms with Crippen LogP contribution in [0.4, 0.5) is 23.1 Å². The van der Waals surface area contributed by atoms with E-state index >= 15 is 0 Å². The van der Waals surface area contributed by atoms with E-state index in [0.717, 1.165) is 48.8 Å². The van der Waals surface area contributed by atoms with Crippen LogP contribution in [-0.2, 0) is 11.8 Å². The summed E-state index contributed by atoms with van der Waals surface area (Å²) in [6.45, 7) is 5.71. The van der Waals surface area contributed by atoms with Crippen LogP contribution < -0.4 is 20.3 Å². The Balaban J connectivity index is 1.30. The van der Waals surface area contributed by atoms with Gasteiger partial charge in [0.2, 0.25) is 11.9 Å². The molecule has 1 aliphatic rings. The summed E-state index contributed by atoms with van der Waals surface area (Å²) in [6.07, 6.45) is 1.59. The van der Waals surface area contributed by atoms with Crippen LogP contribution in [0.5, 0.6) is 11.5 Å². The molecule has 1 fully saturated rings. The van der Waals surface area contributed by atoms with Crippen LogP contribution in [0.25, 0.3) is 11.0 Å². The number of hydrogen-bond acceptors (Lipinski definition) is 7. The van der Waals surface area contributed by atoms with Crippen LogP contribution in [0, 0.1) is 0 Å². The first-order valence-corrected chi connectivity index (χ1v) is 11.6. The maximum Gasteiger partial charge on any atom is 0.222 e. The SMILES string of the molecule is CC(=O)Nc1cc(Oc2ccc3c(c2)nc(Nc2ccc(N4CCN(C)CC4)cc2)n3C)ccn1. The van der Waals surface area contributed by atoms with Crippen LogP contribution >= 0.6 is 0 Å². The Morgan fingerprint density at radius 3 is 2.43 bits per heavy atom. The normalized spacial score (nSPS) is 14.2. The molecule has 0 bridgehead atoms. The molecule has 0 radical (unpaired) electrons. The first-order valence-electron chi connectivity index (χ1n) is 11.6. The standard InChI is InChI=1S/C26H29N7O2/c1-18(34)28-25-17-22(10-11-27-25)35-21-8-9-24-23(16-21)30-26(32(24)3)29-19-4-6-20(7-5-19)33-14-12-31(2)13-15-33/h4-11,16-17H,12-15H2,1-3H3,(H,29,30)(H,27,28,34). The number of likely N-dealkylation sites (N-methyl/N-ethyl adjacent to an activating group) is 1. The number of benzene rings is 2. The molecule has 1 amide bonds. The number of carbonyl (C=O) groups excluding carboxylic acids is 1. The molecule has 2 aromatic heterocycles. The smallest absolute Gasteiger partial charge is 0.222 e. The number of aromatic nitrogens is 3. The number of pyridine rings is 1. The van der Waals surface area contributed by atoms with Gasteiger partial charge in [0.05, 0.1) is 11.0 Å². The van der Waals surface area contributed by atoms with E-state index in [4.69, 9.17) is 9.72 Å². The molecule has 4 aromatic rings. The molecule has 0 spiro atoms. The molecule has 180 valence electrons. The van der Waals surface area contributed by atoms with Crippen molar-refractivity contribution in [3.63, 3.8) is 0 Å². The van der Waals surface area contributed by atoms with E-state index in [1.807, 2.05) is 29.8 Å². The van der Waals surface area contributed by atoms with Crippen molar-refractivity contribution in [2.45, 2.75) is 6.92 Å². The fraction of sp³-hybridized carbons (Fsp3) is 0.269. The number of rotatable bonds is 6. The van der Waals surface area contributed by atoms with Gasteiger partial charge in [0.25, 0.3) is 0 Å². The van der Waals surface area contributed by atoms with Crippen molar-refractivity contribution in [3.05, 3.63) is 60.8 Å². The highest BCUT2D eigenvalue weighted by Gasteiger charge is 2.15. The maximum absolute atomic E-state index is 11.3. The van der Waals surface area contributed by atoms with E-state index in [0.29, 0.717) is 17.3 Å². The number of imidazole rings is 1. The number of ether oxygens (including phenoxy) is 1. The Kier molecular flexibility index (Phi) is 6.24. The number of nitrogens with zero attached hydrogens (tertiary/aromatic N) is 5. The number of carbonyl (C=O) groups is 1. The molecule has 5 rings (SSSR count). The molecule has 9 heteroatoms. The van der Waals surface area contributed by atoms with E-state index in [1.165, 1.54) is 12.6 Å². The minimum atomic E-state index is -0.182. The van der Waals surface area contributed by atoms with Gasteiger partial charge < -0.3 is 29.7 Å². The largest absolute Gasteiger partial charge is 0.457 e. The van der Waals surface area contributed by atoms with Crippen LogP contribution in [0.15, 0.2) is 60.8 Å². The second-order valence-corrected chi connectivity index (χ2v) is 8.77. The highest BCUT2D eigenvalue weighted by molar-refractivity contribution is 5.87. The number of hydrogen-bond donors (Lipinski definition) is 2. The molecule has 0 aliphatic carbocycles. The zero-order valence-electron chi connectivity index (χ0n) is 20.2. The van der Waals surface area contributed by atoms with Crippen LogP contribution in [0.3, 0.4) is 0 Å². The van der Waals surface area contributed by atoms with Crippen LogP contribution in [0.1, 0.15) is 6.92 Å². The van der Waals surface area contributed by atoms with Crippen molar-refractivity contribution in [2.75, 3.05) is 48.8 Å². The molecule has 0 unspecified atom stereocenters. The van der Waals surface area contributed by atoms with E-state index in [-0.39, 0.29) is 5.91 Å². The summed E-state index contributed by atoms with van der Waals surface area (Å²) in [7, 11) is 4.15. The monoisotopic (exact) mass is 471 g/mol. The Labute approximate surface area is 204 Å². The molecular formula is C26H29N7O2. The lowest BCUT2D eigenvalue weighted by molar-refractivity contribution is -0.114. The average molecular weight is 472 g/mol. The summed E-state index contributed by atoms with van der Waals surface area (Å²) in [5, 5.41) is 6.09. The molecule has 2 N–H and O–H groups in total. The summed E-state index contributed by atoms with van der Waals surface area (Å²) in [4.78, 5) is 25.0.